The van der Waals surface area contributed by atoms with Crippen LogP contribution < -0.4 is 4.90 Å². The first-order valence-corrected chi connectivity index (χ1v) is 8.91. The van der Waals surface area contributed by atoms with E-state index in [4.69, 9.17) is 28.0 Å². The van der Waals surface area contributed by atoms with Crippen LogP contribution >= 0.6 is 11.8 Å². The number of nitrogens with zero attached hydrogens (tertiary/aromatic N) is 2. The zero-order valence-corrected chi connectivity index (χ0v) is 15.4. The van der Waals surface area contributed by atoms with E-state index in [1.54, 1.807) is 11.8 Å². The van der Waals surface area contributed by atoms with Crippen molar-refractivity contribution in [2.24, 2.45) is 5.92 Å². The molecule has 3 rings (SSSR count). The first-order chi connectivity index (χ1) is 15.2. The Morgan fingerprint density at radius 2 is 1.52 bits per heavy atom. The third kappa shape index (κ3) is 5.74. The molecule has 2 N–H and O–H groups in total. The van der Waals surface area contributed by atoms with Crippen LogP contribution in [0.4, 0.5) is 11.4 Å². The Morgan fingerprint density at radius 3 is 1.96 bits per heavy atom. The average Bonchev–Trinajstić information content (AvgIpc) is 2.70. The standard InChI is InChI=1S/C18H22N2S.C2H2O4/c1-14(12-19(2)3)13-20-15-8-4-6-10-17(15)21-18-11-7-5-9-16(18)20;3-1(4)2(5)6/h4-11,14H,12-13H2,1-3H3;(H,3,4)(H,5,6)/i2D3,3D3;. The Bertz CT molecular complexity index is 928. The van der Waals surface area contributed by atoms with Gasteiger partial charge in [0.1, 0.15) is 0 Å². The van der Waals surface area contributed by atoms with Gasteiger partial charge >= 0.3 is 11.9 Å². The predicted molar refractivity (Wildman–Crippen MR) is 107 cm³/mol. The zero-order chi connectivity index (χ0) is 25.0. The Kier molecular flexibility index (Phi) is 4.76. The van der Waals surface area contributed by atoms with Gasteiger partial charge in [-0.1, -0.05) is 43.0 Å². The molecule has 0 radical (unpaired) electrons. The average molecular weight is 395 g/mol. The van der Waals surface area contributed by atoms with Crippen LogP contribution in [0.1, 0.15) is 15.1 Å². The second-order valence-electron chi connectivity index (χ2n) is 5.97. The van der Waals surface area contributed by atoms with Crippen molar-refractivity contribution in [2.45, 2.75) is 16.7 Å². The number of benzene rings is 2. The topological polar surface area (TPSA) is 81.1 Å². The molecular weight excluding hydrogens is 364 g/mol. The minimum absolute atomic E-state index is 0.0407. The number of hydrogen-bond acceptors (Lipinski definition) is 5. The molecule has 1 aliphatic heterocycles. The van der Waals surface area contributed by atoms with Gasteiger partial charge in [0, 0.05) is 31.1 Å². The molecule has 1 aliphatic rings. The van der Waals surface area contributed by atoms with E-state index in [1.807, 2.05) is 43.3 Å². The molecule has 0 bridgehead atoms. The summed E-state index contributed by atoms with van der Waals surface area (Å²) >= 11 is 1.70. The van der Waals surface area contributed by atoms with Gasteiger partial charge in [-0.3, -0.25) is 0 Å². The smallest absolute Gasteiger partial charge is 0.414 e. The van der Waals surface area contributed by atoms with Crippen LogP contribution in [-0.4, -0.2) is 54.1 Å². The van der Waals surface area contributed by atoms with Gasteiger partial charge in [-0.2, -0.15) is 0 Å². The molecule has 1 atom stereocenters. The molecule has 27 heavy (non-hydrogen) atoms. The largest absolute Gasteiger partial charge is 0.473 e. The van der Waals surface area contributed by atoms with Crippen LogP contribution in [0.2, 0.25) is 0 Å². The number of para-hydroxylation sites is 2. The van der Waals surface area contributed by atoms with Gasteiger partial charge in [-0.15, -0.1) is 0 Å². The van der Waals surface area contributed by atoms with E-state index < -0.39 is 25.9 Å². The number of rotatable bonds is 4. The number of carbonyl (C=O) groups is 2. The van der Waals surface area contributed by atoms with Gasteiger partial charge in [0.05, 0.1) is 11.4 Å². The summed E-state index contributed by atoms with van der Waals surface area (Å²) in [5, 5.41) is 14.8. The fourth-order valence-corrected chi connectivity index (χ4v) is 3.75. The van der Waals surface area contributed by atoms with E-state index in [0.29, 0.717) is 11.4 Å². The SMILES string of the molecule is O=C(O)C(=O)O.[2H]C([2H])([2H])N(CC(C)CN1c2ccccc2Sc2ccccc21)C([2H])([2H])[2H]. The van der Waals surface area contributed by atoms with E-state index in [-0.39, 0.29) is 12.5 Å². The van der Waals surface area contributed by atoms with Crippen molar-refractivity contribution in [2.75, 3.05) is 31.9 Å². The van der Waals surface area contributed by atoms with E-state index in [0.717, 1.165) is 21.2 Å². The molecule has 0 spiro atoms. The molecule has 0 amide bonds. The fourth-order valence-electron chi connectivity index (χ4n) is 2.66. The highest BCUT2D eigenvalue weighted by atomic mass is 32.2. The monoisotopic (exact) mass is 394 g/mol. The van der Waals surface area contributed by atoms with Crippen LogP contribution in [-0.2, 0) is 9.59 Å². The van der Waals surface area contributed by atoms with Gasteiger partial charge in [0.15, 0.2) is 0 Å². The molecule has 0 saturated heterocycles. The van der Waals surface area contributed by atoms with Gasteiger partial charge in [0.2, 0.25) is 0 Å². The quantitative estimate of drug-likeness (QED) is 0.766. The van der Waals surface area contributed by atoms with E-state index in [1.165, 1.54) is 0 Å². The van der Waals surface area contributed by atoms with Crippen LogP contribution in [0.5, 0.6) is 0 Å². The second-order valence-corrected chi connectivity index (χ2v) is 7.06. The van der Waals surface area contributed by atoms with Crippen LogP contribution in [0.3, 0.4) is 0 Å². The number of carboxylic acid groups (broad SMARTS) is 2. The minimum Gasteiger partial charge on any atom is -0.473 e. The van der Waals surface area contributed by atoms with E-state index >= 15 is 0 Å². The lowest BCUT2D eigenvalue weighted by Gasteiger charge is -2.35. The van der Waals surface area contributed by atoms with Crippen LogP contribution in [0.25, 0.3) is 0 Å². The Morgan fingerprint density at radius 1 is 1.04 bits per heavy atom. The molecule has 1 unspecified atom stereocenters. The highest BCUT2D eigenvalue weighted by Gasteiger charge is 2.24. The van der Waals surface area contributed by atoms with Gasteiger partial charge in [-0.25, -0.2) is 9.59 Å². The maximum atomic E-state index is 9.10. The van der Waals surface area contributed by atoms with Crippen molar-refractivity contribution in [1.82, 2.24) is 4.90 Å². The molecule has 7 heteroatoms. The molecule has 0 fully saturated rings. The first-order valence-electron chi connectivity index (χ1n) is 11.1. The first kappa shape index (κ1) is 13.6. The fraction of sp³-hybridized carbons (Fsp3) is 0.300. The van der Waals surface area contributed by atoms with Gasteiger partial charge < -0.3 is 20.0 Å². The number of fused-ring (bicyclic) bond motifs is 2. The Hall–Kier alpha value is -2.51. The third-order valence-electron chi connectivity index (χ3n) is 3.70. The summed E-state index contributed by atoms with van der Waals surface area (Å²) in [5.74, 6) is -3.82. The maximum absolute atomic E-state index is 9.10. The Balaban J connectivity index is 0.000000569. The predicted octanol–water partition coefficient (Wildman–Crippen LogP) is 3.64. The second kappa shape index (κ2) is 9.43. The van der Waals surface area contributed by atoms with Gasteiger partial charge in [0.25, 0.3) is 0 Å². The summed E-state index contributed by atoms with van der Waals surface area (Å²) in [6.07, 6.45) is 0. The summed E-state index contributed by atoms with van der Waals surface area (Å²) in [6, 6.07) is 16.1. The molecule has 6 nitrogen and oxygen atoms in total. The molecule has 2 aromatic carbocycles. The molecule has 0 saturated carbocycles. The van der Waals surface area contributed by atoms with Gasteiger partial charge in [-0.05, 0) is 44.1 Å². The van der Waals surface area contributed by atoms with Crippen molar-refractivity contribution in [1.29, 1.82) is 0 Å². The molecular formula is C20H24N2O4S. The van der Waals surface area contributed by atoms with Crippen LogP contribution in [0.15, 0.2) is 58.3 Å². The van der Waals surface area contributed by atoms with Crippen LogP contribution in [0, 0.1) is 5.92 Å². The summed E-state index contributed by atoms with van der Waals surface area (Å²) in [5.41, 5.74) is 2.12. The van der Waals surface area contributed by atoms with Crippen molar-refractivity contribution in [3.8, 4) is 0 Å². The summed E-state index contributed by atoms with van der Waals surface area (Å²) in [6.45, 7) is -2.95. The molecule has 0 aliphatic carbocycles. The van der Waals surface area contributed by atoms with Crippen molar-refractivity contribution in [3.05, 3.63) is 48.5 Å². The van der Waals surface area contributed by atoms with E-state index in [9.17, 15) is 0 Å². The lowest BCUT2D eigenvalue weighted by Crippen LogP contribution is -2.31. The van der Waals surface area contributed by atoms with E-state index in [2.05, 4.69) is 17.0 Å². The maximum Gasteiger partial charge on any atom is 0.414 e. The molecule has 2 aromatic rings. The highest BCUT2D eigenvalue weighted by molar-refractivity contribution is 7.99. The van der Waals surface area contributed by atoms with Crippen molar-refractivity contribution in [3.63, 3.8) is 0 Å². The molecule has 1 heterocycles. The summed E-state index contributed by atoms with van der Waals surface area (Å²) in [7, 11) is 0. The lowest BCUT2D eigenvalue weighted by atomic mass is 10.1. The summed E-state index contributed by atoms with van der Waals surface area (Å²) in [4.78, 5) is 23.3. The third-order valence-corrected chi connectivity index (χ3v) is 4.83. The minimum atomic E-state index is -2.66. The molecule has 144 valence electrons. The Labute approximate surface area is 171 Å². The number of hydrogen-bond donors (Lipinski definition) is 2. The highest BCUT2D eigenvalue weighted by Crippen LogP contribution is 2.47. The zero-order valence-electron chi connectivity index (χ0n) is 20.6. The van der Waals surface area contributed by atoms with Crippen molar-refractivity contribution < 1.29 is 28.0 Å². The number of anilines is 2. The summed E-state index contributed by atoms with van der Waals surface area (Å²) < 4.78 is 45.4. The number of carboxylic acids is 2. The molecule has 0 aromatic heterocycles. The number of aliphatic carboxylic acids is 2. The lowest BCUT2D eigenvalue weighted by molar-refractivity contribution is -0.159. The van der Waals surface area contributed by atoms with Crippen molar-refractivity contribution >= 4 is 35.1 Å². The normalized spacial score (nSPS) is 17.3.